The van der Waals surface area contributed by atoms with Crippen LogP contribution >= 0.6 is 11.3 Å². The second kappa shape index (κ2) is 5.93. The van der Waals surface area contributed by atoms with Crippen molar-refractivity contribution < 1.29 is 14.7 Å². The highest BCUT2D eigenvalue weighted by Gasteiger charge is 2.34. The Kier molecular flexibility index (Phi) is 3.98. The molecule has 1 saturated carbocycles. The number of hydrogen-bond donors (Lipinski definition) is 1. The summed E-state index contributed by atoms with van der Waals surface area (Å²) in [5.74, 6) is -1.25. The third-order valence-electron chi connectivity index (χ3n) is 3.92. The number of thiophene rings is 1. The zero-order valence-electron chi connectivity index (χ0n) is 12.3. The average molecular weight is 315 g/mol. The maximum atomic E-state index is 12.9. The molecule has 4 nitrogen and oxygen atoms in total. The minimum Gasteiger partial charge on any atom is -0.478 e. The van der Waals surface area contributed by atoms with E-state index in [1.54, 1.807) is 29.5 Å². The Hall–Kier alpha value is -2.14. The Bertz CT molecular complexity index is 718. The molecule has 0 atom stereocenters. The first-order valence-electron chi connectivity index (χ1n) is 7.24. The largest absolute Gasteiger partial charge is 0.478 e. The number of aromatic carboxylic acids is 1. The van der Waals surface area contributed by atoms with Gasteiger partial charge in [0.05, 0.1) is 17.7 Å². The average Bonchev–Trinajstić information content (AvgIpc) is 3.27. The second-order valence-corrected chi connectivity index (χ2v) is 6.54. The van der Waals surface area contributed by atoms with Crippen molar-refractivity contribution in [3.63, 3.8) is 0 Å². The van der Waals surface area contributed by atoms with Crippen LogP contribution in [0, 0.1) is 6.92 Å². The number of hydrogen-bond acceptors (Lipinski definition) is 3. The number of benzene rings is 1. The van der Waals surface area contributed by atoms with E-state index in [-0.39, 0.29) is 23.1 Å². The number of carbonyl (C=O) groups is 2. The van der Waals surface area contributed by atoms with E-state index in [1.165, 1.54) is 11.6 Å². The summed E-state index contributed by atoms with van der Waals surface area (Å²) in [6, 6.07) is 8.71. The van der Waals surface area contributed by atoms with Crippen LogP contribution in [-0.4, -0.2) is 27.9 Å². The van der Waals surface area contributed by atoms with Gasteiger partial charge in [-0.1, -0.05) is 12.1 Å². The summed E-state index contributed by atoms with van der Waals surface area (Å²) in [4.78, 5) is 27.2. The van der Waals surface area contributed by atoms with Crippen LogP contribution in [0.2, 0.25) is 0 Å². The predicted molar refractivity (Wildman–Crippen MR) is 85.4 cm³/mol. The number of aryl methyl sites for hydroxylation is 1. The number of carboxylic acids is 1. The standard InChI is InChI=1S/C17H17NO3S/c1-11-8-9-22-15(11)10-18(12-6-7-12)16(19)13-4-2-3-5-14(13)17(20)21/h2-5,8-9,12H,6-7,10H2,1H3,(H,20,21). The zero-order valence-corrected chi connectivity index (χ0v) is 13.1. The molecule has 1 N–H and O–H groups in total. The van der Waals surface area contributed by atoms with Crippen LogP contribution in [0.15, 0.2) is 35.7 Å². The highest BCUT2D eigenvalue weighted by Crippen LogP contribution is 2.32. The van der Waals surface area contributed by atoms with Crippen LogP contribution in [0.25, 0.3) is 0 Å². The van der Waals surface area contributed by atoms with Crippen LogP contribution in [-0.2, 0) is 6.54 Å². The molecule has 0 aliphatic heterocycles. The van der Waals surface area contributed by atoms with Gasteiger partial charge in [0.1, 0.15) is 0 Å². The highest BCUT2D eigenvalue weighted by atomic mass is 32.1. The quantitative estimate of drug-likeness (QED) is 0.918. The molecule has 5 heteroatoms. The van der Waals surface area contributed by atoms with Gasteiger partial charge in [0, 0.05) is 10.9 Å². The zero-order chi connectivity index (χ0) is 15.7. The summed E-state index contributed by atoms with van der Waals surface area (Å²) < 4.78 is 0. The van der Waals surface area contributed by atoms with Gasteiger partial charge >= 0.3 is 5.97 Å². The second-order valence-electron chi connectivity index (χ2n) is 5.54. The number of amides is 1. The van der Waals surface area contributed by atoms with Gasteiger partial charge in [-0.2, -0.15) is 0 Å². The van der Waals surface area contributed by atoms with Crippen LogP contribution in [0.5, 0.6) is 0 Å². The van der Waals surface area contributed by atoms with E-state index in [1.807, 2.05) is 23.3 Å². The number of carboxylic acid groups (broad SMARTS) is 1. The Morgan fingerprint density at radius 1 is 1.23 bits per heavy atom. The van der Waals surface area contributed by atoms with Crippen molar-refractivity contribution in [3.8, 4) is 0 Å². The van der Waals surface area contributed by atoms with E-state index in [2.05, 4.69) is 0 Å². The van der Waals surface area contributed by atoms with Gasteiger partial charge < -0.3 is 10.0 Å². The van der Waals surface area contributed by atoms with E-state index in [9.17, 15) is 14.7 Å². The Balaban J connectivity index is 1.91. The third kappa shape index (κ3) is 2.90. The van der Waals surface area contributed by atoms with E-state index in [0.29, 0.717) is 6.54 Å². The summed E-state index contributed by atoms with van der Waals surface area (Å²) >= 11 is 1.64. The number of rotatable bonds is 5. The smallest absolute Gasteiger partial charge is 0.336 e. The van der Waals surface area contributed by atoms with Crippen LogP contribution in [0.1, 0.15) is 44.0 Å². The molecule has 22 heavy (non-hydrogen) atoms. The monoisotopic (exact) mass is 315 g/mol. The van der Waals surface area contributed by atoms with Gasteiger partial charge in [0.25, 0.3) is 5.91 Å². The molecule has 1 aromatic carbocycles. The Morgan fingerprint density at radius 3 is 2.45 bits per heavy atom. The summed E-state index contributed by atoms with van der Waals surface area (Å²) in [6.07, 6.45) is 1.98. The molecular formula is C17H17NO3S. The normalized spacial score (nSPS) is 13.9. The molecule has 0 saturated heterocycles. The lowest BCUT2D eigenvalue weighted by molar-refractivity contribution is 0.0668. The van der Waals surface area contributed by atoms with Crippen molar-refractivity contribution in [2.45, 2.75) is 32.4 Å². The van der Waals surface area contributed by atoms with Gasteiger partial charge in [-0.25, -0.2) is 4.79 Å². The van der Waals surface area contributed by atoms with E-state index in [0.717, 1.165) is 17.7 Å². The summed E-state index contributed by atoms with van der Waals surface area (Å²) in [6.45, 7) is 2.59. The van der Waals surface area contributed by atoms with Gasteiger partial charge in [-0.15, -0.1) is 11.3 Å². The lowest BCUT2D eigenvalue weighted by Gasteiger charge is -2.23. The molecule has 1 heterocycles. The molecule has 0 bridgehead atoms. The maximum Gasteiger partial charge on any atom is 0.336 e. The molecule has 0 spiro atoms. The molecule has 114 valence electrons. The Labute approximate surface area is 133 Å². The first-order chi connectivity index (χ1) is 10.6. The van der Waals surface area contributed by atoms with Crippen LogP contribution < -0.4 is 0 Å². The van der Waals surface area contributed by atoms with Gasteiger partial charge in [0.2, 0.25) is 0 Å². The fourth-order valence-corrected chi connectivity index (χ4v) is 3.39. The van der Waals surface area contributed by atoms with Crippen LogP contribution in [0.4, 0.5) is 0 Å². The lowest BCUT2D eigenvalue weighted by atomic mass is 10.1. The first-order valence-corrected chi connectivity index (χ1v) is 8.12. The van der Waals surface area contributed by atoms with Crippen molar-refractivity contribution in [2.24, 2.45) is 0 Å². The SMILES string of the molecule is Cc1ccsc1CN(C(=O)c1ccccc1C(=O)O)C1CC1. The molecule has 0 unspecified atom stereocenters. The fraction of sp³-hybridized carbons (Fsp3) is 0.294. The van der Waals surface area contributed by atoms with Crippen molar-refractivity contribution in [1.82, 2.24) is 4.90 Å². The highest BCUT2D eigenvalue weighted by molar-refractivity contribution is 7.10. The maximum absolute atomic E-state index is 12.9. The molecular weight excluding hydrogens is 298 g/mol. The van der Waals surface area contributed by atoms with Crippen molar-refractivity contribution in [1.29, 1.82) is 0 Å². The summed E-state index contributed by atoms with van der Waals surface area (Å²) in [5, 5.41) is 11.3. The number of nitrogens with zero attached hydrogens (tertiary/aromatic N) is 1. The summed E-state index contributed by atoms with van der Waals surface area (Å²) in [5.41, 5.74) is 1.52. The molecule has 1 aliphatic rings. The third-order valence-corrected chi connectivity index (χ3v) is 4.93. The first kappa shape index (κ1) is 14.8. The van der Waals surface area contributed by atoms with Crippen molar-refractivity contribution in [3.05, 3.63) is 57.3 Å². The Morgan fingerprint density at radius 2 is 1.91 bits per heavy atom. The molecule has 1 fully saturated rings. The van der Waals surface area contributed by atoms with Gasteiger partial charge in [-0.3, -0.25) is 4.79 Å². The topological polar surface area (TPSA) is 57.6 Å². The van der Waals surface area contributed by atoms with E-state index >= 15 is 0 Å². The molecule has 0 radical (unpaired) electrons. The van der Waals surface area contributed by atoms with Gasteiger partial charge in [-0.05, 0) is 48.9 Å². The lowest BCUT2D eigenvalue weighted by Crippen LogP contribution is -2.33. The molecule has 1 aliphatic carbocycles. The molecule has 3 rings (SSSR count). The molecule has 1 amide bonds. The van der Waals surface area contributed by atoms with Crippen LogP contribution in [0.3, 0.4) is 0 Å². The minimum absolute atomic E-state index is 0.0704. The van der Waals surface area contributed by atoms with E-state index in [4.69, 9.17) is 0 Å². The number of carbonyl (C=O) groups excluding carboxylic acids is 1. The summed E-state index contributed by atoms with van der Waals surface area (Å²) in [7, 11) is 0. The molecule has 1 aromatic heterocycles. The van der Waals surface area contributed by atoms with E-state index < -0.39 is 5.97 Å². The van der Waals surface area contributed by atoms with Crippen molar-refractivity contribution >= 4 is 23.2 Å². The fourth-order valence-electron chi connectivity index (χ4n) is 2.48. The molecule has 2 aromatic rings. The van der Waals surface area contributed by atoms with Gasteiger partial charge in [0.15, 0.2) is 0 Å². The minimum atomic E-state index is -1.06. The van der Waals surface area contributed by atoms with Crippen molar-refractivity contribution in [2.75, 3.05) is 0 Å². The predicted octanol–water partition coefficient (Wildman–Crippen LogP) is 3.56.